The van der Waals surface area contributed by atoms with Crippen molar-refractivity contribution in [3.05, 3.63) is 70.0 Å². The Morgan fingerprint density at radius 1 is 1.21 bits per heavy atom. The third-order valence-corrected chi connectivity index (χ3v) is 5.39. The van der Waals surface area contributed by atoms with E-state index in [0.717, 1.165) is 11.1 Å². The molecule has 1 amide bonds. The van der Waals surface area contributed by atoms with E-state index in [1.807, 2.05) is 24.3 Å². The van der Waals surface area contributed by atoms with Crippen molar-refractivity contribution in [3.8, 4) is 0 Å². The van der Waals surface area contributed by atoms with Crippen molar-refractivity contribution in [3.63, 3.8) is 0 Å². The zero-order valence-electron chi connectivity index (χ0n) is 15.8. The molecule has 0 radical (unpaired) electrons. The highest BCUT2D eigenvalue weighted by molar-refractivity contribution is 6.31. The van der Waals surface area contributed by atoms with Crippen molar-refractivity contribution in [2.45, 2.75) is 25.6 Å². The molecule has 0 saturated carbocycles. The van der Waals surface area contributed by atoms with Crippen LogP contribution in [0.3, 0.4) is 0 Å². The Bertz CT molecular complexity index is 869. The van der Waals surface area contributed by atoms with E-state index < -0.39 is 11.9 Å². The molecule has 0 aromatic heterocycles. The molecule has 148 valence electrons. The summed E-state index contributed by atoms with van der Waals surface area (Å²) in [4.78, 5) is 28.3. The van der Waals surface area contributed by atoms with Gasteiger partial charge < -0.3 is 9.64 Å². The summed E-state index contributed by atoms with van der Waals surface area (Å²) in [5.74, 6) is -1.05. The van der Waals surface area contributed by atoms with Crippen LogP contribution in [0.1, 0.15) is 16.7 Å². The number of hydrogen-bond donors (Lipinski definition) is 0. The second kappa shape index (κ2) is 8.71. The Morgan fingerprint density at radius 3 is 2.61 bits per heavy atom. The van der Waals surface area contributed by atoms with Crippen LogP contribution in [0.25, 0.3) is 0 Å². The van der Waals surface area contributed by atoms with Gasteiger partial charge in [-0.2, -0.15) is 0 Å². The van der Waals surface area contributed by atoms with Crippen molar-refractivity contribution in [1.29, 1.82) is 0 Å². The third kappa shape index (κ3) is 4.34. The zero-order chi connectivity index (χ0) is 20.3. The fourth-order valence-corrected chi connectivity index (χ4v) is 3.64. The first-order valence-electron chi connectivity index (χ1n) is 8.96. The Hall–Kier alpha value is -2.44. The van der Waals surface area contributed by atoms with Crippen LogP contribution in [0, 0.1) is 5.82 Å². The highest BCUT2D eigenvalue weighted by Crippen LogP contribution is 2.25. The van der Waals surface area contributed by atoms with E-state index in [4.69, 9.17) is 16.3 Å². The first kappa shape index (κ1) is 20.3. The molecule has 2 aromatic rings. The number of fused-ring (bicyclic) bond motifs is 1. The molecular weight excluding hydrogens is 383 g/mol. The Labute approximate surface area is 168 Å². The molecule has 0 fully saturated rings. The first-order valence-corrected chi connectivity index (χ1v) is 9.34. The maximum atomic E-state index is 14.0. The number of amides is 1. The maximum absolute atomic E-state index is 14.0. The molecule has 0 bridgehead atoms. The van der Waals surface area contributed by atoms with Gasteiger partial charge in [0.15, 0.2) is 0 Å². The van der Waals surface area contributed by atoms with Crippen molar-refractivity contribution in [2.75, 3.05) is 20.7 Å². The normalized spacial score (nSPS) is 16.4. The largest absolute Gasteiger partial charge is 0.468 e. The lowest BCUT2D eigenvalue weighted by atomic mass is 9.94. The van der Waals surface area contributed by atoms with E-state index in [1.165, 1.54) is 24.1 Å². The Morgan fingerprint density at radius 2 is 1.93 bits per heavy atom. The Balaban J connectivity index is 1.74. The van der Waals surface area contributed by atoms with Crippen molar-refractivity contribution in [2.24, 2.45) is 0 Å². The molecule has 1 unspecified atom stereocenters. The van der Waals surface area contributed by atoms with Gasteiger partial charge in [-0.05, 0) is 29.7 Å². The SMILES string of the molecule is COC(=O)C1Cc2ccccc2CN1CC(=O)N(C)Cc1c(F)cccc1Cl. The predicted molar refractivity (Wildman–Crippen MR) is 104 cm³/mol. The molecule has 0 saturated heterocycles. The summed E-state index contributed by atoms with van der Waals surface area (Å²) in [6, 6.07) is 11.7. The summed E-state index contributed by atoms with van der Waals surface area (Å²) in [5.41, 5.74) is 2.43. The highest BCUT2D eigenvalue weighted by Gasteiger charge is 2.33. The van der Waals surface area contributed by atoms with E-state index in [2.05, 4.69) is 0 Å². The van der Waals surface area contributed by atoms with Gasteiger partial charge in [0.25, 0.3) is 0 Å². The van der Waals surface area contributed by atoms with E-state index in [9.17, 15) is 14.0 Å². The van der Waals surface area contributed by atoms with Gasteiger partial charge in [0.1, 0.15) is 11.9 Å². The van der Waals surface area contributed by atoms with Gasteiger partial charge in [0, 0.05) is 30.7 Å². The number of ether oxygens (including phenoxy) is 1. The number of methoxy groups -OCH3 is 1. The molecule has 1 aliphatic rings. The minimum Gasteiger partial charge on any atom is -0.468 e. The van der Waals surface area contributed by atoms with Crippen LogP contribution in [0.5, 0.6) is 0 Å². The number of benzene rings is 2. The number of nitrogens with zero attached hydrogens (tertiary/aromatic N) is 2. The number of hydrogen-bond acceptors (Lipinski definition) is 4. The molecule has 2 aromatic carbocycles. The standard InChI is InChI=1S/C21H22ClFN2O3/c1-24(12-16-17(22)8-5-9-18(16)23)20(26)13-25-11-15-7-4-3-6-14(15)10-19(25)21(27)28-2/h3-9,19H,10-13H2,1-2H3. The average Bonchev–Trinajstić information content (AvgIpc) is 2.69. The molecule has 0 N–H and O–H groups in total. The van der Waals surface area contributed by atoms with Crippen LogP contribution in [-0.4, -0.2) is 48.4 Å². The average molecular weight is 405 g/mol. The van der Waals surface area contributed by atoms with Crippen LogP contribution >= 0.6 is 11.6 Å². The lowest BCUT2D eigenvalue weighted by Gasteiger charge is -2.35. The Kier molecular flexibility index (Phi) is 6.31. The van der Waals surface area contributed by atoms with E-state index in [0.29, 0.717) is 13.0 Å². The lowest BCUT2D eigenvalue weighted by Crippen LogP contribution is -2.50. The van der Waals surface area contributed by atoms with Crippen molar-refractivity contribution >= 4 is 23.5 Å². The van der Waals surface area contributed by atoms with Gasteiger partial charge in [-0.3, -0.25) is 14.5 Å². The van der Waals surface area contributed by atoms with Crippen LogP contribution in [0.4, 0.5) is 4.39 Å². The number of likely N-dealkylation sites (N-methyl/N-ethyl adjacent to an activating group) is 1. The minimum absolute atomic E-state index is 0.0245. The molecule has 0 aliphatic carbocycles. The van der Waals surface area contributed by atoms with Crippen molar-refractivity contribution in [1.82, 2.24) is 9.80 Å². The van der Waals surface area contributed by atoms with Crippen LogP contribution in [0.2, 0.25) is 5.02 Å². The van der Waals surface area contributed by atoms with Crippen molar-refractivity contribution < 1.29 is 18.7 Å². The topological polar surface area (TPSA) is 49.9 Å². The fraction of sp³-hybridized carbons (Fsp3) is 0.333. The number of rotatable bonds is 5. The summed E-state index contributed by atoms with van der Waals surface area (Å²) in [6.07, 6.45) is 0.485. The van der Waals surface area contributed by atoms with E-state index >= 15 is 0 Å². The molecular formula is C21H22ClFN2O3. The second-order valence-corrected chi connectivity index (χ2v) is 7.27. The number of carbonyl (C=O) groups excluding carboxylic acids is 2. The third-order valence-electron chi connectivity index (χ3n) is 5.04. The van der Waals surface area contributed by atoms with Gasteiger partial charge in [-0.1, -0.05) is 41.9 Å². The zero-order valence-corrected chi connectivity index (χ0v) is 16.6. The summed E-state index contributed by atoms with van der Waals surface area (Å²) < 4.78 is 18.9. The molecule has 7 heteroatoms. The summed E-state index contributed by atoms with van der Waals surface area (Å²) >= 11 is 6.06. The number of carbonyl (C=O) groups is 2. The first-order chi connectivity index (χ1) is 13.4. The summed E-state index contributed by atoms with van der Waals surface area (Å²) in [5, 5.41) is 0.277. The minimum atomic E-state index is -0.533. The van der Waals surface area contributed by atoms with Gasteiger partial charge >= 0.3 is 5.97 Å². The van der Waals surface area contributed by atoms with Crippen LogP contribution < -0.4 is 0 Å². The van der Waals surface area contributed by atoms with Gasteiger partial charge in [-0.25, -0.2) is 4.39 Å². The molecule has 1 atom stereocenters. The molecule has 0 spiro atoms. The maximum Gasteiger partial charge on any atom is 0.323 e. The molecule has 28 heavy (non-hydrogen) atoms. The summed E-state index contributed by atoms with van der Waals surface area (Å²) in [7, 11) is 2.94. The van der Waals surface area contributed by atoms with Crippen LogP contribution in [-0.2, 0) is 33.8 Å². The molecule has 5 nitrogen and oxygen atoms in total. The molecule has 3 rings (SSSR count). The second-order valence-electron chi connectivity index (χ2n) is 6.87. The highest BCUT2D eigenvalue weighted by atomic mass is 35.5. The molecule has 1 aliphatic heterocycles. The number of esters is 1. The van der Waals surface area contributed by atoms with Gasteiger partial charge in [0.2, 0.25) is 5.91 Å². The van der Waals surface area contributed by atoms with Crippen LogP contribution in [0.15, 0.2) is 42.5 Å². The monoisotopic (exact) mass is 404 g/mol. The quantitative estimate of drug-likeness (QED) is 0.719. The smallest absolute Gasteiger partial charge is 0.323 e. The van der Waals surface area contributed by atoms with E-state index in [-0.39, 0.29) is 35.6 Å². The van der Waals surface area contributed by atoms with Gasteiger partial charge in [0.05, 0.1) is 13.7 Å². The summed E-state index contributed by atoms with van der Waals surface area (Å²) in [6.45, 7) is 0.546. The molecule has 1 heterocycles. The number of halogens is 2. The predicted octanol–water partition coefficient (Wildman–Crippen LogP) is 3.04. The van der Waals surface area contributed by atoms with E-state index in [1.54, 1.807) is 18.0 Å². The van der Waals surface area contributed by atoms with Gasteiger partial charge in [-0.15, -0.1) is 0 Å². The lowest BCUT2D eigenvalue weighted by molar-refractivity contribution is -0.149. The fourth-order valence-electron chi connectivity index (χ4n) is 3.41.